The summed E-state index contributed by atoms with van der Waals surface area (Å²) in [7, 11) is 0. The van der Waals surface area contributed by atoms with Crippen LogP contribution in [0.25, 0.3) is 0 Å². The molecule has 2 rings (SSSR count). The number of hydrogen-bond donors (Lipinski definition) is 2. The number of rotatable bonds is 4. The maximum atomic E-state index is 12.6. The van der Waals surface area contributed by atoms with Crippen LogP contribution >= 0.6 is 0 Å². The molecule has 0 radical (unpaired) electrons. The van der Waals surface area contributed by atoms with Crippen LogP contribution < -0.4 is 0 Å². The second-order valence-corrected chi connectivity index (χ2v) is 4.58. The summed E-state index contributed by atoms with van der Waals surface area (Å²) in [6.07, 6.45) is -6.02. The first-order chi connectivity index (χ1) is 9.27. The van der Waals surface area contributed by atoms with Crippen LogP contribution in [0.2, 0.25) is 0 Å². The number of aromatic nitrogens is 3. The molecular weight excluding hydrogens is 281 g/mol. The van der Waals surface area contributed by atoms with Crippen molar-refractivity contribution in [1.82, 2.24) is 19.7 Å². The van der Waals surface area contributed by atoms with E-state index in [1.54, 1.807) is 4.90 Å². The number of nitrogens with zero attached hydrogens (tertiary/aromatic N) is 4. The highest BCUT2D eigenvalue weighted by molar-refractivity contribution is 5.67. The number of carbonyl (C=O) groups is 1. The number of halogens is 3. The Labute approximate surface area is 111 Å². The predicted molar refractivity (Wildman–Crippen MR) is 58.6 cm³/mol. The largest absolute Gasteiger partial charge is 0.481 e. The van der Waals surface area contributed by atoms with E-state index in [1.165, 1.54) is 0 Å². The third kappa shape index (κ3) is 3.25. The van der Waals surface area contributed by atoms with E-state index in [9.17, 15) is 23.1 Å². The van der Waals surface area contributed by atoms with E-state index in [0.29, 0.717) is 0 Å². The Kier molecular flexibility index (Phi) is 3.95. The van der Waals surface area contributed by atoms with Crippen molar-refractivity contribution in [2.75, 3.05) is 13.1 Å². The molecule has 1 aliphatic heterocycles. The number of carboxylic acid groups (broad SMARTS) is 1. The van der Waals surface area contributed by atoms with E-state index in [1.807, 2.05) is 0 Å². The van der Waals surface area contributed by atoms with Crippen molar-refractivity contribution >= 4 is 5.97 Å². The van der Waals surface area contributed by atoms with Crippen molar-refractivity contribution in [3.05, 3.63) is 11.6 Å². The minimum atomic E-state index is -4.55. The van der Waals surface area contributed by atoms with Crippen molar-refractivity contribution < 1.29 is 28.2 Å². The second kappa shape index (κ2) is 5.37. The number of carboxylic acids is 1. The molecule has 1 unspecified atom stereocenters. The molecule has 20 heavy (non-hydrogen) atoms. The summed E-state index contributed by atoms with van der Waals surface area (Å²) in [5.41, 5.74) is 0. The zero-order chi connectivity index (χ0) is 14.9. The fraction of sp³-hybridized carbons (Fsp3) is 0.700. The summed E-state index contributed by atoms with van der Waals surface area (Å²) in [4.78, 5) is 12.1. The fourth-order valence-electron chi connectivity index (χ4n) is 2.14. The first-order valence-corrected chi connectivity index (χ1v) is 5.89. The van der Waals surface area contributed by atoms with Gasteiger partial charge in [-0.1, -0.05) is 0 Å². The van der Waals surface area contributed by atoms with E-state index < -0.39 is 30.5 Å². The van der Waals surface area contributed by atoms with Crippen molar-refractivity contribution in [1.29, 1.82) is 0 Å². The molecule has 0 saturated carbocycles. The molecule has 0 saturated heterocycles. The molecule has 1 aromatic heterocycles. The predicted octanol–water partition coefficient (Wildman–Crippen LogP) is -0.0519. The summed E-state index contributed by atoms with van der Waals surface area (Å²) in [5, 5.41) is 24.7. The number of fused-ring (bicyclic) bond motifs is 1. The molecule has 112 valence electrons. The van der Waals surface area contributed by atoms with Crippen molar-refractivity contribution in [2.24, 2.45) is 0 Å². The summed E-state index contributed by atoms with van der Waals surface area (Å²) in [5.74, 6) is -2.00. The molecule has 2 heterocycles. The molecule has 0 amide bonds. The fourth-order valence-corrected chi connectivity index (χ4v) is 2.14. The van der Waals surface area contributed by atoms with Gasteiger partial charge in [-0.15, -0.1) is 10.2 Å². The highest BCUT2D eigenvalue weighted by Gasteiger charge is 2.39. The van der Waals surface area contributed by atoms with E-state index in [0.717, 1.165) is 4.57 Å². The number of alkyl halides is 3. The maximum Gasteiger partial charge on any atom is 0.451 e. The lowest BCUT2D eigenvalue weighted by Crippen LogP contribution is -2.40. The van der Waals surface area contributed by atoms with Gasteiger partial charge >= 0.3 is 12.1 Å². The molecule has 0 aromatic carbocycles. The second-order valence-electron chi connectivity index (χ2n) is 4.58. The van der Waals surface area contributed by atoms with Crippen LogP contribution in [0.1, 0.15) is 18.1 Å². The molecule has 1 atom stereocenters. The number of β-amino-alcohol motifs (C(OH)–C–C–N with tert-alkyl or cyclic N) is 1. The van der Waals surface area contributed by atoms with E-state index in [4.69, 9.17) is 5.11 Å². The first-order valence-electron chi connectivity index (χ1n) is 5.89. The first kappa shape index (κ1) is 14.7. The van der Waals surface area contributed by atoms with Crippen LogP contribution in [-0.4, -0.2) is 55.0 Å². The molecule has 2 N–H and O–H groups in total. The van der Waals surface area contributed by atoms with Gasteiger partial charge in [0.15, 0.2) is 0 Å². The number of hydrogen-bond acceptors (Lipinski definition) is 5. The third-order valence-corrected chi connectivity index (χ3v) is 2.96. The SMILES string of the molecule is O=C(O)CC(O)CN1CCn2c(nnc2C(F)(F)F)C1. The topological polar surface area (TPSA) is 91.5 Å². The Morgan fingerprint density at radius 3 is 2.65 bits per heavy atom. The van der Waals surface area contributed by atoms with Crippen molar-refractivity contribution in [3.63, 3.8) is 0 Å². The summed E-state index contributed by atoms with van der Waals surface area (Å²) in [6.45, 7) is 0.488. The van der Waals surface area contributed by atoms with Gasteiger partial charge in [0, 0.05) is 19.6 Å². The molecule has 0 spiro atoms. The van der Waals surface area contributed by atoms with Crippen molar-refractivity contribution in [3.8, 4) is 0 Å². The van der Waals surface area contributed by atoms with Crippen LogP contribution in [0.4, 0.5) is 13.2 Å². The normalized spacial score (nSPS) is 17.8. The van der Waals surface area contributed by atoms with Gasteiger partial charge in [-0.05, 0) is 0 Å². The van der Waals surface area contributed by atoms with Gasteiger partial charge in [-0.3, -0.25) is 9.69 Å². The van der Waals surface area contributed by atoms with Crippen LogP contribution in [-0.2, 0) is 24.1 Å². The quantitative estimate of drug-likeness (QED) is 0.809. The minimum Gasteiger partial charge on any atom is -0.481 e. The average molecular weight is 294 g/mol. The standard InChI is InChI=1S/C10H13F3N4O3/c11-10(12,13)9-15-14-7-5-16(1-2-17(7)9)4-6(18)3-8(19)20/h6,18H,1-5H2,(H,19,20). The van der Waals surface area contributed by atoms with E-state index in [2.05, 4.69) is 10.2 Å². The van der Waals surface area contributed by atoms with Gasteiger partial charge in [0.05, 0.1) is 19.1 Å². The highest BCUT2D eigenvalue weighted by atomic mass is 19.4. The van der Waals surface area contributed by atoms with Gasteiger partial charge in [0.25, 0.3) is 0 Å². The third-order valence-electron chi connectivity index (χ3n) is 2.96. The Balaban J connectivity index is 2.02. The maximum absolute atomic E-state index is 12.6. The Bertz CT molecular complexity index is 502. The lowest BCUT2D eigenvalue weighted by Gasteiger charge is -2.29. The van der Waals surface area contributed by atoms with Crippen LogP contribution in [0.5, 0.6) is 0 Å². The number of aliphatic hydroxyl groups excluding tert-OH is 1. The van der Waals surface area contributed by atoms with Gasteiger partial charge in [-0.2, -0.15) is 13.2 Å². The van der Waals surface area contributed by atoms with Gasteiger partial charge in [0.2, 0.25) is 5.82 Å². The smallest absolute Gasteiger partial charge is 0.451 e. The molecule has 0 aliphatic carbocycles. The molecule has 0 bridgehead atoms. The number of aliphatic carboxylic acids is 1. The summed E-state index contributed by atoms with van der Waals surface area (Å²) in [6, 6.07) is 0. The van der Waals surface area contributed by atoms with Gasteiger partial charge in [0.1, 0.15) is 5.82 Å². The Morgan fingerprint density at radius 1 is 1.35 bits per heavy atom. The zero-order valence-corrected chi connectivity index (χ0v) is 10.3. The molecule has 10 heteroatoms. The molecule has 7 nitrogen and oxygen atoms in total. The summed E-state index contributed by atoms with van der Waals surface area (Å²) < 4.78 is 38.9. The van der Waals surface area contributed by atoms with Crippen LogP contribution in [0.3, 0.4) is 0 Å². The zero-order valence-electron chi connectivity index (χ0n) is 10.3. The lowest BCUT2D eigenvalue weighted by atomic mass is 10.2. The van der Waals surface area contributed by atoms with Crippen LogP contribution in [0.15, 0.2) is 0 Å². The Hall–Kier alpha value is -1.68. The van der Waals surface area contributed by atoms with Gasteiger partial charge in [-0.25, -0.2) is 0 Å². The molecule has 1 aliphatic rings. The molecule has 1 aromatic rings. The number of aliphatic hydroxyl groups is 1. The lowest BCUT2D eigenvalue weighted by molar-refractivity contribution is -0.148. The highest BCUT2D eigenvalue weighted by Crippen LogP contribution is 2.29. The average Bonchev–Trinajstić information content (AvgIpc) is 2.69. The van der Waals surface area contributed by atoms with E-state index >= 15 is 0 Å². The molecule has 0 fully saturated rings. The minimum absolute atomic E-state index is 0.0525. The van der Waals surface area contributed by atoms with Gasteiger partial charge < -0.3 is 14.8 Å². The van der Waals surface area contributed by atoms with E-state index in [-0.39, 0.29) is 32.0 Å². The molecular formula is C10H13F3N4O3. The summed E-state index contributed by atoms with van der Waals surface area (Å²) >= 11 is 0. The Morgan fingerprint density at radius 2 is 2.05 bits per heavy atom. The monoisotopic (exact) mass is 294 g/mol. The van der Waals surface area contributed by atoms with Crippen LogP contribution in [0, 0.1) is 0 Å². The van der Waals surface area contributed by atoms with Crippen molar-refractivity contribution in [2.45, 2.75) is 31.8 Å².